The van der Waals surface area contributed by atoms with E-state index in [9.17, 15) is 5.11 Å². The fourth-order valence-electron chi connectivity index (χ4n) is 4.11. The summed E-state index contributed by atoms with van der Waals surface area (Å²) < 4.78 is 2.21. The van der Waals surface area contributed by atoms with E-state index in [0.717, 1.165) is 29.8 Å². The lowest BCUT2D eigenvalue weighted by Gasteiger charge is -2.33. The average molecular weight is 292 g/mol. The maximum absolute atomic E-state index is 10.9. The molecule has 0 spiro atoms. The Morgan fingerprint density at radius 1 is 1.23 bits per heavy atom. The first-order valence-corrected chi connectivity index (χ1v) is 7.66. The maximum Gasteiger partial charge on any atom is 0.101 e. The van der Waals surface area contributed by atoms with Crippen LogP contribution in [0.5, 0.6) is 0 Å². The van der Waals surface area contributed by atoms with E-state index in [4.69, 9.17) is 0 Å². The highest BCUT2D eigenvalue weighted by Gasteiger charge is 2.41. The Bertz CT molecular complexity index is 850. The van der Waals surface area contributed by atoms with Gasteiger partial charge in [0.2, 0.25) is 0 Å². The number of aliphatic hydroxyl groups is 1. The van der Waals surface area contributed by atoms with Gasteiger partial charge in [0.1, 0.15) is 6.10 Å². The van der Waals surface area contributed by atoms with Crippen LogP contribution in [0.15, 0.2) is 43.0 Å². The molecule has 1 aromatic carbocycles. The minimum absolute atomic E-state index is 0.129. The Hall–Kier alpha value is -2.40. The molecule has 0 saturated heterocycles. The van der Waals surface area contributed by atoms with Crippen LogP contribution in [0.2, 0.25) is 0 Å². The summed E-state index contributed by atoms with van der Waals surface area (Å²) in [6.45, 7) is 0. The van der Waals surface area contributed by atoms with Gasteiger partial charge in [-0.05, 0) is 24.0 Å². The van der Waals surface area contributed by atoms with Gasteiger partial charge in [0.25, 0.3) is 0 Å². The van der Waals surface area contributed by atoms with E-state index in [1.165, 1.54) is 11.1 Å². The fraction of sp³-hybridized carbons (Fsp3) is 0.294. The molecule has 3 heterocycles. The SMILES string of the molecule is OC1c2[nH]ncc2CCC1C1c2ccccc2-c2cncn21. The Morgan fingerprint density at radius 2 is 2.14 bits per heavy atom. The average Bonchev–Trinajstić information content (AvgIpc) is 3.23. The molecule has 0 fully saturated rings. The van der Waals surface area contributed by atoms with Gasteiger partial charge in [-0.25, -0.2) is 4.98 Å². The molecular weight excluding hydrogens is 276 g/mol. The summed E-state index contributed by atoms with van der Waals surface area (Å²) in [5.74, 6) is 0.129. The molecule has 2 aliphatic rings. The first-order chi connectivity index (χ1) is 10.8. The lowest BCUT2D eigenvalue weighted by atomic mass is 9.78. The maximum atomic E-state index is 10.9. The second kappa shape index (κ2) is 4.30. The Balaban J connectivity index is 1.65. The van der Waals surface area contributed by atoms with Crippen LogP contribution >= 0.6 is 0 Å². The summed E-state index contributed by atoms with van der Waals surface area (Å²) in [4.78, 5) is 4.31. The molecule has 0 saturated carbocycles. The van der Waals surface area contributed by atoms with Crippen molar-refractivity contribution >= 4 is 0 Å². The van der Waals surface area contributed by atoms with Crippen LogP contribution in [0.4, 0.5) is 0 Å². The van der Waals surface area contributed by atoms with Crippen LogP contribution in [0, 0.1) is 5.92 Å². The first-order valence-electron chi connectivity index (χ1n) is 7.66. The van der Waals surface area contributed by atoms with E-state index in [0.29, 0.717) is 0 Å². The van der Waals surface area contributed by atoms with Gasteiger partial charge in [-0.3, -0.25) is 5.10 Å². The van der Waals surface area contributed by atoms with Crippen LogP contribution in [0.1, 0.15) is 35.4 Å². The van der Waals surface area contributed by atoms with Gasteiger partial charge in [-0.15, -0.1) is 0 Å². The van der Waals surface area contributed by atoms with Gasteiger partial charge in [0, 0.05) is 11.5 Å². The summed E-state index contributed by atoms with van der Waals surface area (Å²) >= 11 is 0. The van der Waals surface area contributed by atoms with Crippen molar-refractivity contribution in [2.45, 2.75) is 25.0 Å². The number of H-pyrrole nitrogens is 1. The molecule has 3 unspecified atom stereocenters. The zero-order chi connectivity index (χ0) is 14.7. The zero-order valence-electron chi connectivity index (χ0n) is 12.0. The van der Waals surface area contributed by atoms with Crippen LogP contribution in [-0.2, 0) is 6.42 Å². The summed E-state index contributed by atoms with van der Waals surface area (Å²) in [6.07, 6.45) is 7.02. The molecule has 3 atom stereocenters. The third-order valence-corrected chi connectivity index (χ3v) is 5.13. The Labute approximate surface area is 127 Å². The van der Waals surface area contributed by atoms with Gasteiger partial charge >= 0.3 is 0 Å². The van der Waals surface area contributed by atoms with Crippen LogP contribution in [0.3, 0.4) is 0 Å². The summed E-state index contributed by atoms with van der Waals surface area (Å²) in [6, 6.07) is 8.58. The van der Waals surface area contributed by atoms with Crippen molar-refractivity contribution in [3.63, 3.8) is 0 Å². The molecule has 0 amide bonds. The topological polar surface area (TPSA) is 66.7 Å². The minimum atomic E-state index is -0.516. The molecule has 110 valence electrons. The first kappa shape index (κ1) is 12.2. The molecule has 22 heavy (non-hydrogen) atoms. The van der Waals surface area contributed by atoms with Crippen molar-refractivity contribution in [2.24, 2.45) is 5.92 Å². The number of fused-ring (bicyclic) bond motifs is 4. The van der Waals surface area contributed by atoms with E-state index in [1.54, 1.807) is 0 Å². The van der Waals surface area contributed by atoms with E-state index in [1.807, 2.05) is 18.7 Å². The predicted molar refractivity (Wildman–Crippen MR) is 81.2 cm³/mol. The van der Waals surface area contributed by atoms with Crippen molar-refractivity contribution in [1.29, 1.82) is 0 Å². The van der Waals surface area contributed by atoms with Crippen LogP contribution in [-0.4, -0.2) is 24.9 Å². The number of hydrogen-bond acceptors (Lipinski definition) is 3. The standard InChI is InChI=1S/C17H16N4O/c22-17-13(6-5-10-7-19-20-15(10)17)16-12-4-2-1-3-11(12)14-8-18-9-21(14)16/h1-4,7-9,13,16-17,22H,5-6H2,(H,19,20). The molecular formula is C17H16N4O. The second-order valence-corrected chi connectivity index (χ2v) is 6.17. The smallest absolute Gasteiger partial charge is 0.101 e. The van der Waals surface area contributed by atoms with Crippen LogP contribution in [0.25, 0.3) is 11.3 Å². The molecule has 2 aromatic heterocycles. The minimum Gasteiger partial charge on any atom is -0.386 e. The molecule has 0 bridgehead atoms. The van der Waals surface area contributed by atoms with Crippen molar-refractivity contribution < 1.29 is 5.11 Å². The lowest BCUT2D eigenvalue weighted by molar-refractivity contribution is 0.0684. The number of benzene rings is 1. The van der Waals surface area contributed by atoms with E-state index < -0.39 is 6.10 Å². The van der Waals surface area contributed by atoms with E-state index in [-0.39, 0.29) is 12.0 Å². The molecule has 5 rings (SSSR count). The quantitative estimate of drug-likeness (QED) is 0.724. The lowest BCUT2D eigenvalue weighted by Crippen LogP contribution is -2.28. The molecule has 2 N–H and O–H groups in total. The Kier molecular flexibility index (Phi) is 2.38. The monoisotopic (exact) mass is 292 g/mol. The molecule has 0 radical (unpaired) electrons. The summed E-state index contributed by atoms with van der Waals surface area (Å²) in [5.41, 5.74) is 5.67. The van der Waals surface area contributed by atoms with Crippen molar-refractivity contribution in [3.8, 4) is 11.3 Å². The molecule has 5 nitrogen and oxygen atoms in total. The number of hydrogen-bond donors (Lipinski definition) is 2. The van der Waals surface area contributed by atoms with Gasteiger partial charge < -0.3 is 9.67 Å². The highest BCUT2D eigenvalue weighted by molar-refractivity contribution is 5.69. The number of aromatic amines is 1. The molecule has 5 heteroatoms. The molecule has 3 aromatic rings. The number of aliphatic hydroxyl groups excluding tert-OH is 1. The summed E-state index contributed by atoms with van der Waals surface area (Å²) in [5, 5.41) is 17.9. The number of imidazole rings is 1. The fourth-order valence-corrected chi connectivity index (χ4v) is 4.11. The van der Waals surface area contributed by atoms with E-state index >= 15 is 0 Å². The number of rotatable bonds is 1. The van der Waals surface area contributed by atoms with Crippen molar-refractivity contribution in [1.82, 2.24) is 19.7 Å². The Morgan fingerprint density at radius 3 is 3.09 bits per heavy atom. The summed E-state index contributed by atoms with van der Waals surface area (Å²) in [7, 11) is 0. The largest absolute Gasteiger partial charge is 0.386 e. The second-order valence-electron chi connectivity index (χ2n) is 6.17. The van der Waals surface area contributed by atoms with E-state index in [2.05, 4.69) is 44.0 Å². The highest BCUT2D eigenvalue weighted by Crippen LogP contribution is 2.49. The normalized spacial score (nSPS) is 25.6. The number of nitrogens with zero attached hydrogens (tertiary/aromatic N) is 3. The number of aromatic nitrogens is 4. The third-order valence-electron chi connectivity index (χ3n) is 5.13. The third kappa shape index (κ3) is 1.46. The van der Waals surface area contributed by atoms with Gasteiger partial charge in [0.15, 0.2) is 0 Å². The zero-order valence-corrected chi connectivity index (χ0v) is 12.0. The van der Waals surface area contributed by atoms with Crippen molar-refractivity contribution in [2.75, 3.05) is 0 Å². The van der Waals surface area contributed by atoms with Crippen LogP contribution < -0.4 is 0 Å². The molecule has 1 aliphatic carbocycles. The predicted octanol–water partition coefficient (Wildman–Crippen LogP) is 2.47. The highest BCUT2D eigenvalue weighted by atomic mass is 16.3. The van der Waals surface area contributed by atoms with Gasteiger partial charge in [-0.2, -0.15) is 5.10 Å². The van der Waals surface area contributed by atoms with Gasteiger partial charge in [0.05, 0.1) is 36.2 Å². The number of aryl methyl sites for hydroxylation is 1. The molecule has 1 aliphatic heterocycles. The van der Waals surface area contributed by atoms with Crippen molar-refractivity contribution in [3.05, 3.63) is 59.8 Å². The number of nitrogens with one attached hydrogen (secondary N) is 1. The van der Waals surface area contributed by atoms with Gasteiger partial charge in [-0.1, -0.05) is 24.3 Å².